The van der Waals surface area contributed by atoms with E-state index in [1.165, 1.54) is 24.5 Å². The summed E-state index contributed by atoms with van der Waals surface area (Å²) in [6, 6.07) is 7.78. The molecule has 3 aromatic rings. The monoisotopic (exact) mass is 567 g/mol. The van der Waals surface area contributed by atoms with E-state index in [1.807, 2.05) is 0 Å². The van der Waals surface area contributed by atoms with Crippen LogP contribution in [0.2, 0.25) is 0 Å². The van der Waals surface area contributed by atoms with Crippen molar-refractivity contribution >= 4 is 23.6 Å². The van der Waals surface area contributed by atoms with Crippen molar-refractivity contribution in [1.29, 1.82) is 0 Å². The Morgan fingerprint density at radius 2 is 1.78 bits per heavy atom. The van der Waals surface area contributed by atoms with Gasteiger partial charge in [0, 0.05) is 55.5 Å². The molecule has 2 amide bonds. The third-order valence-electron chi connectivity index (χ3n) is 7.85. The number of carbonyl (C=O) groups excluding carboxylic acids is 2. The Morgan fingerprint density at radius 1 is 1.05 bits per heavy atom. The SMILES string of the molecule is NC(=O)c1cc(N[C@H]2CCNC2=O)nc(N2C3CCC2CC(Oc2ccc(C(F)(F)F)cc2-c2ccncc2)C3)n1. The number of carbonyl (C=O) groups is 2. The van der Waals surface area contributed by atoms with Crippen LogP contribution in [0.25, 0.3) is 11.1 Å². The fraction of sp³-hybridized carbons (Fsp3) is 0.393. The second-order valence-corrected chi connectivity index (χ2v) is 10.5. The lowest BCUT2D eigenvalue weighted by Crippen LogP contribution is -2.47. The number of fused-ring (bicyclic) bond motifs is 2. The minimum absolute atomic E-state index is 0.0108. The van der Waals surface area contributed by atoms with Gasteiger partial charge in [0.05, 0.1) is 5.56 Å². The van der Waals surface area contributed by atoms with Crippen molar-refractivity contribution in [3.05, 3.63) is 60.0 Å². The summed E-state index contributed by atoms with van der Waals surface area (Å²) in [7, 11) is 0. The quantitative estimate of drug-likeness (QED) is 0.395. The van der Waals surface area contributed by atoms with Crippen LogP contribution in [0.5, 0.6) is 5.75 Å². The van der Waals surface area contributed by atoms with E-state index >= 15 is 0 Å². The molecule has 3 saturated heterocycles. The third-order valence-corrected chi connectivity index (χ3v) is 7.85. The molecule has 214 valence electrons. The minimum Gasteiger partial charge on any atom is -0.490 e. The summed E-state index contributed by atoms with van der Waals surface area (Å²) in [5.41, 5.74) is 5.78. The first-order chi connectivity index (χ1) is 19.7. The Morgan fingerprint density at radius 3 is 2.41 bits per heavy atom. The number of primary amides is 1. The number of nitrogens with zero attached hydrogens (tertiary/aromatic N) is 4. The van der Waals surface area contributed by atoms with E-state index in [0.29, 0.717) is 54.4 Å². The summed E-state index contributed by atoms with van der Waals surface area (Å²) in [6.07, 6.45) is 1.76. The van der Waals surface area contributed by atoms with Crippen LogP contribution in [0.15, 0.2) is 48.8 Å². The van der Waals surface area contributed by atoms with E-state index in [0.717, 1.165) is 25.0 Å². The van der Waals surface area contributed by atoms with E-state index in [4.69, 9.17) is 10.5 Å². The number of hydrogen-bond acceptors (Lipinski definition) is 8. The molecule has 3 aliphatic heterocycles. The number of anilines is 2. The first-order valence-electron chi connectivity index (χ1n) is 13.5. The number of hydrogen-bond donors (Lipinski definition) is 3. The molecule has 41 heavy (non-hydrogen) atoms. The van der Waals surface area contributed by atoms with E-state index in [2.05, 4.69) is 30.5 Å². The molecule has 0 saturated carbocycles. The van der Waals surface area contributed by atoms with Crippen LogP contribution in [0, 0.1) is 0 Å². The Balaban J connectivity index is 1.24. The van der Waals surface area contributed by atoms with Crippen molar-refractivity contribution < 1.29 is 27.5 Å². The molecule has 3 atom stereocenters. The number of benzene rings is 1. The third kappa shape index (κ3) is 5.48. The van der Waals surface area contributed by atoms with Crippen molar-refractivity contribution in [3.8, 4) is 16.9 Å². The molecule has 3 fully saturated rings. The van der Waals surface area contributed by atoms with Gasteiger partial charge in [0.1, 0.15) is 29.4 Å². The van der Waals surface area contributed by atoms with Crippen molar-refractivity contribution in [1.82, 2.24) is 20.3 Å². The van der Waals surface area contributed by atoms with Crippen LogP contribution < -0.4 is 26.0 Å². The zero-order valence-electron chi connectivity index (χ0n) is 21.9. The minimum atomic E-state index is -4.49. The van der Waals surface area contributed by atoms with Gasteiger partial charge in [-0.25, -0.2) is 4.98 Å². The lowest BCUT2D eigenvalue weighted by atomic mass is 9.99. The van der Waals surface area contributed by atoms with Gasteiger partial charge in [-0.2, -0.15) is 18.2 Å². The Bertz CT molecular complexity index is 1460. The maximum atomic E-state index is 13.5. The lowest BCUT2D eigenvalue weighted by molar-refractivity contribution is -0.137. The number of rotatable bonds is 7. The highest BCUT2D eigenvalue weighted by Crippen LogP contribution is 2.42. The maximum Gasteiger partial charge on any atom is 0.416 e. The highest BCUT2D eigenvalue weighted by atomic mass is 19.4. The van der Waals surface area contributed by atoms with Gasteiger partial charge in [0.25, 0.3) is 5.91 Å². The molecule has 13 heteroatoms. The van der Waals surface area contributed by atoms with Gasteiger partial charge < -0.3 is 26.0 Å². The van der Waals surface area contributed by atoms with Crippen LogP contribution in [-0.2, 0) is 11.0 Å². The largest absolute Gasteiger partial charge is 0.490 e. The number of aromatic nitrogens is 3. The van der Waals surface area contributed by atoms with Gasteiger partial charge in [-0.05, 0) is 55.2 Å². The predicted octanol–water partition coefficient (Wildman–Crippen LogP) is 3.54. The number of nitrogens with two attached hydrogens (primary N) is 1. The van der Waals surface area contributed by atoms with E-state index in [1.54, 1.807) is 12.1 Å². The van der Waals surface area contributed by atoms with Crippen LogP contribution in [0.1, 0.15) is 48.2 Å². The average Bonchev–Trinajstić information content (AvgIpc) is 3.47. The fourth-order valence-corrected chi connectivity index (χ4v) is 5.96. The van der Waals surface area contributed by atoms with Crippen molar-refractivity contribution in [2.24, 2.45) is 5.73 Å². The van der Waals surface area contributed by atoms with E-state index in [-0.39, 0.29) is 29.8 Å². The fourth-order valence-electron chi connectivity index (χ4n) is 5.96. The van der Waals surface area contributed by atoms with Crippen LogP contribution in [0.3, 0.4) is 0 Å². The first-order valence-corrected chi connectivity index (χ1v) is 13.5. The van der Waals surface area contributed by atoms with Gasteiger partial charge in [-0.3, -0.25) is 14.6 Å². The van der Waals surface area contributed by atoms with Crippen molar-refractivity contribution in [2.75, 3.05) is 16.8 Å². The highest BCUT2D eigenvalue weighted by Gasteiger charge is 2.43. The molecular weight excluding hydrogens is 539 g/mol. The van der Waals surface area contributed by atoms with Gasteiger partial charge in [0.2, 0.25) is 11.9 Å². The van der Waals surface area contributed by atoms with Gasteiger partial charge in [-0.15, -0.1) is 0 Å². The lowest BCUT2D eigenvalue weighted by Gasteiger charge is -2.39. The standard InChI is InChI=1S/C28H28F3N7O3/c29-28(30,31)16-1-4-23(20(11-16)15-5-8-33-9-6-15)41-19-12-17-2-3-18(13-19)38(17)27-36-22(25(32)39)14-24(37-27)35-21-7-10-34-26(21)40/h1,4-6,8-9,11,14,17-19,21H,2-3,7,10,12-13H2,(H2,32,39)(H,34,40)(H,35,36,37)/t17?,18?,19?,21-/m0/s1. The summed E-state index contributed by atoms with van der Waals surface area (Å²) in [5.74, 6) is 0.216. The molecule has 1 aromatic carbocycles. The van der Waals surface area contributed by atoms with E-state index in [9.17, 15) is 22.8 Å². The van der Waals surface area contributed by atoms with Crippen LogP contribution in [0.4, 0.5) is 24.9 Å². The summed E-state index contributed by atoms with van der Waals surface area (Å²) < 4.78 is 46.9. The molecule has 10 nitrogen and oxygen atoms in total. The first kappa shape index (κ1) is 26.8. The number of pyridine rings is 1. The highest BCUT2D eigenvalue weighted by molar-refractivity contribution is 5.92. The van der Waals surface area contributed by atoms with Gasteiger partial charge >= 0.3 is 6.18 Å². The zero-order chi connectivity index (χ0) is 28.7. The molecule has 2 aromatic heterocycles. The molecule has 6 rings (SSSR count). The number of piperidine rings is 1. The van der Waals surface area contributed by atoms with Crippen molar-refractivity contribution in [2.45, 2.75) is 62.5 Å². The summed E-state index contributed by atoms with van der Waals surface area (Å²) >= 11 is 0. The molecule has 5 heterocycles. The average molecular weight is 568 g/mol. The molecular formula is C28H28F3N7O3. The Hall–Kier alpha value is -4.42. The summed E-state index contributed by atoms with van der Waals surface area (Å²) in [5, 5.41) is 5.85. The topological polar surface area (TPSA) is 135 Å². The molecule has 0 radical (unpaired) electrons. The number of nitrogens with one attached hydrogen (secondary N) is 2. The second-order valence-electron chi connectivity index (χ2n) is 10.5. The Labute approximate surface area is 233 Å². The van der Waals surface area contributed by atoms with Gasteiger partial charge in [0.15, 0.2) is 0 Å². The van der Waals surface area contributed by atoms with E-state index < -0.39 is 23.7 Å². The molecule has 3 aliphatic rings. The molecule has 4 N–H and O–H groups in total. The molecule has 2 bridgehead atoms. The predicted molar refractivity (Wildman–Crippen MR) is 143 cm³/mol. The normalized spacial score (nSPS) is 23.8. The van der Waals surface area contributed by atoms with Crippen LogP contribution >= 0.6 is 0 Å². The number of alkyl halides is 3. The Kier molecular flexibility index (Phi) is 6.88. The zero-order valence-corrected chi connectivity index (χ0v) is 21.9. The smallest absolute Gasteiger partial charge is 0.416 e. The van der Waals surface area contributed by atoms with Crippen LogP contribution in [-0.4, -0.2) is 57.5 Å². The van der Waals surface area contributed by atoms with Gasteiger partial charge in [-0.1, -0.05) is 0 Å². The van der Waals surface area contributed by atoms with Crippen molar-refractivity contribution in [3.63, 3.8) is 0 Å². The number of amides is 2. The second kappa shape index (κ2) is 10.5. The molecule has 0 spiro atoms. The summed E-state index contributed by atoms with van der Waals surface area (Å²) in [4.78, 5) is 39.3. The number of halogens is 3. The number of ether oxygens (including phenoxy) is 1. The maximum absolute atomic E-state index is 13.5. The molecule has 2 unspecified atom stereocenters. The summed E-state index contributed by atoms with van der Waals surface area (Å²) in [6.45, 7) is 0.552. The molecule has 0 aliphatic carbocycles.